The van der Waals surface area contributed by atoms with E-state index in [9.17, 15) is 0 Å². The molecule has 3 heterocycles. The maximum absolute atomic E-state index is 4.42. The maximum Gasteiger partial charge on any atom is 0.0951 e. The molecule has 29 heavy (non-hydrogen) atoms. The number of imidazole rings is 1. The molecule has 4 rings (SSSR count). The van der Waals surface area contributed by atoms with E-state index < -0.39 is 0 Å². The zero-order valence-electron chi connectivity index (χ0n) is 18.0. The molecule has 0 bridgehead atoms. The van der Waals surface area contributed by atoms with Crippen molar-refractivity contribution in [2.45, 2.75) is 64.0 Å². The van der Waals surface area contributed by atoms with Gasteiger partial charge in [-0.05, 0) is 56.5 Å². The summed E-state index contributed by atoms with van der Waals surface area (Å²) in [5, 5.41) is 0. The summed E-state index contributed by atoms with van der Waals surface area (Å²) in [7, 11) is 2.30. The fourth-order valence-electron chi connectivity index (χ4n) is 5.06. The summed E-state index contributed by atoms with van der Waals surface area (Å²) < 4.78 is 2.29. The van der Waals surface area contributed by atoms with E-state index in [-0.39, 0.29) is 0 Å². The van der Waals surface area contributed by atoms with Crippen LogP contribution in [-0.2, 0) is 13.0 Å². The zero-order valence-corrected chi connectivity index (χ0v) is 18.0. The Morgan fingerprint density at radius 2 is 1.83 bits per heavy atom. The molecule has 1 saturated heterocycles. The van der Waals surface area contributed by atoms with Gasteiger partial charge in [-0.2, -0.15) is 0 Å². The molecule has 5 nitrogen and oxygen atoms in total. The molecule has 0 aromatic carbocycles. The van der Waals surface area contributed by atoms with Gasteiger partial charge in [0.1, 0.15) is 0 Å². The molecule has 1 aliphatic carbocycles. The van der Waals surface area contributed by atoms with Gasteiger partial charge in [0.05, 0.1) is 6.33 Å². The highest BCUT2D eigenvalue weighted by Gasteiger charge is 2.25. The van der Waals surface area contributed by atoms with Gasteiger partial charge in [-0.1, -0.05) is 32.1 Å². The first-order valence-corrected chi connectivity index (χ1v) is 11.6. The minimum atomic E-state index is 0.652. The Hall–Kier alpha value is -1.72. The van der Waals surface area contributed by atoms with Crippen LogP contribution in [-0.4, -0.2) is 63.6 Å². The van der Waals surface area contributed by atoms with E-state index >= 15 is 0 Å². The Kier molecular flexibility index (Phi) is 7.33. The van der Waals surface area contributed by atoms with Crippen LogP contribution in [0.15, 0.2) is 37.1 Å². The van der Waals surface area contributed by atoms with Crippen molar-refractivity contribution >= 4 is 0 Å². The van der Waals surface area contributed by atoms with Gasteiger partial charge < -0.3 is 14.4 Å². The quantitative estimate of drug-likeness (QED) is 0.680. The molecule has 158 valence electrons. The molecule has 5 heteroatoms. The number of hydrogen-bond acceptors (Lipinski definition) is 4. The van der Waals surface area contributed by atoms with Crippen molar-refractivity contribution in [3.05, 3.63) is 48.3 Å². The second-order valence-electron chi connectivity index (χ2n) is 9.13. The number of aromatic nitrogens is 3. The minimum Gasteiger partial charge on any atom is -0.330 e. The standard InChI is InChI=1S/C24H37N5/c1-27-15-16-28(14-11-21-5-3-2-4-6-21)19-24(27)8-7-23-17-26-20-29(23)18-22-9-12-25-13-10-22/h9-10,12-13,17,20-21,24H,2-8,11,14-16,18-19H2,1H3. The molecule has 1 aliphatic heterocycles. The van der Waals surface area contributed by atoms with Crippen molar-refractivity contribution in [2.75, 3.05) is 33.2 Å². The summed E-state index contributed by atoms with van der Waals surface area (Å²) in [6.45, 7) is 5.84. The summed E-state index contributed by atoms with van der Waals surface area (Å²) in [4.78, 5) is 13.8. The number of pyridine rings is 1. The largest absolute Gasteiger partial charge is 0.330 e. The van der Waals surface area contributed by atoms with Crippen molar-refractivity contribution in [1.82, 2.24) is 24.3 Å². The molecule has 1 atom stereocenters. The van der Waals surface area contributed by atoms with E-state index in [0.29, 0.717) is 6.04 Å². The van der Waals surface area contributed by atoms with E-state index in [4.69, 9.17) is 0 Å². The minimum absolute atomic E-state index is 0.652. The normalized spacial score (nSPS) is 22.2. The first-order chi connectivity index (χ1) is 14.3. The Morgan fingerprint density at radius 1 is 1.00 bits per heavy atom. The number of rotatable bonds is 8. The lowest BCUT2D eigenvalue weighted by atomic mass is 9.87. The van der Waals surface area contributed by atoms with Crippen molar-refractivity contribution < 1.29 is 0 Å². The molecule has 0 N–H and O–H groups in total. The highest BCUT2D eigenvalue weighted by atomic mass is 15.3. The molecule has 2 fully saturated rings. The van der Waals surface area contributed by atoms with Crippen LogP contribution in [0.3, 0.4) is 0 Å². The smallest absolute Gasteiger partial charge is 0.0951 e. The molecule has 2 aromatic rings. The van der Waals surface area contributed by atoms with Crippen molar-refractivity contribution in [2.24, 2.45) is 5.92 Å². The van der Waals surface area contributed by atoms with Crippen LogP contribution in [0, 0.1) is 5.92 Å². The van der Waals surface area contributed by atoms with Crippen LogP contribution < -0.4 is 0 Å². The second-order valence-corrected chi connectivity index (χ2v) is 9.13. The van der Waals surface area contributed by atoms with Crippen LogP contribution in [0.2, 0.25) is 0 Å². The molecule has 1 unspecified atom stereocenters. The van der Waals surface area contributed by atoms with Gasteiger partial charge in [0.2, 0.25) is 0 Å². The predicted octanol–water partition coefficient (Wildman–Crippen LogP) is 3.85. The zero-order chi connectivity index (χ0) is 19.9. The van der Waals surface area contributed by atoms with Gasteiger partial charge in [-0.15, -0.1) is 0 Å². The highest BCUT2D eigenvalue weighted by molar-refractivity contribution is 5.12. The van der Waals surface area contributed by atoms with E-state index in [2.05, 4.69) is 43.5 Å². The van der Waals surface area contributed by atoms with Crippen LogP contribution in [0.25, 0.3) is 0 Å². The first kappa shape index (κ1) is 20.5. The lowest BCUT2D eigenvalue weighted by molar-refractivity contribution is 0.0844. The third-order valence-electron chi connectivity index (χ3n) is 7.07. The summed E-state index contributed by atoms with van der Waals surface area (Å²) in [6.07, 6.45) is 18.8. The Bertz CT molecular complexity index is 722. The molecule has 2 aliphatic rings. The van der Waals surface area contributed by atoms with Crippen LogP contribution in [0.1, 0.15) is 56.2 Å². The summed E-state index contributed by atoms with van der Waals surface area (Å²) in [5.41, 5.74) is 2.62. The monoisotopic (exact) mass is 395 g/mol. The van der Waals surface area contributed by atoms with Gasteiger partial charge in [0.25, 0.3) is 0 Å². The molecule has 0 spiro atoms. The van der Waals surface area contributed by atoms with Gasteiger partial charge in [-0.3, -0.25) is 4.98 Å². The topological polar surface area (TPSA) is 37.2 Å². The highest BCUT2D eigenvalue weighted by Crippen LogP contribution is 2.27. The molecular weight excluding hydrogens is 358 g/mol. The number of nitrogens with zero attached hydrogens (tertiary/aromatic N) is 5. The van der Waals surface area contributed by atoms with Gasteiger partial charge in [0, 0.05) is 56.5 Å². The van der Waals surface area contributed by atoms with Gasteiger partial charge in [0.15, 0.2) is 0 Å². The third kappa shape index (κ3) is 5.89. The Labute approximate surface area is 176 Å². The van der Waals surface area contributed by atoms with Gasteiger partial charge >= 0.3 is 0 Å². The maximum atomic E-state index is 4.42. The Balaban J connectivity index is 1.27. The second kappa shape index (κ2) is 10.4. The summed E-state index contributed by atoms with van der Waals surface area (Å²) in [5.74, 6) is 0.990. The first-order valence-electron chi connectivity index (χ1n) is 11.6. The van der Waals surface area contributed by atoms with E-state index in [1.54, 1.807) is 0 Å². The van der Waals surface area contributed by atoms with Crippen molar-refractivity contribution in [1.29, 1.82) is 0 Å². The summed E-state index contributed by atoms with van der Waals surface area (Å²) >= 11 is 0. The molecular formula is C24H37N5. The van der Waals surface area contributed by atoms with Crippen molar-refractivity contribution in [3.8, 4) is 0 Å². The molecule has 2 aromatic heterocycles. The lowest BCUT2D eigenvalue weighted by Gasteiger charge is -2.40. The lowest BCUT2D eigenvalue weighted by Crippen LogP contribution is -2.51. The van der Waals surface area contributed by atoms with Crippen molar-refractivity contribution in [3.63, 3.8) is 0 Å². The van der Waals surface area contributed by atoms with E-state index in [1.807, 2.05) is 24.9 Å². The molecule has 1 saturated carbocycles. The third-order valence-corrected chi connectivity index (χ3v) is 7.07. The van der Waals surface area contributed by atoms with Crippen LogP contribution >= 0.6 is 0 Å². The number of likely N-dealkylation sites (N-methyl/N-ethyl adjacent to an activating group) is 1. The van der Waals surface area contributed by atoms with Crippen LogP contribution in [0.5, 0.6) is 0 Å². The number of aryl methyl sites for hydroxylation is 1. The van der Waals surface area contributed by atoms with Gasteiger partial charge in [-0.25, -0.2) is 4.98 Å². The Morgan fingerprint density at radius 3 is 2.66 bits per heavy atom. The number of piperazine rings is 1. The SMILES string of the molecule is CN1CCN(CCC2CCCCC2)CC1CCc1cncn1Cc1ccncc1. The average Bonchev–Trinajstić information content (AvgIpc) is 3.20. The fraction of sp³-hybridized carbons (Fsp3) is 0.667. The van der Waals surface area contributed by atoms with Crippen LogP contribution in [0.4, 0.5) is 0 Å². The fourth-order valence-corrected chi connectivity index (χ4v) is 5.06. The molecule has 0 amide bonds. The number of hydrogen-bond donors (Lipinski definition) is 0. The average molecular weight is 396 g/mol. The predicted molar refractivity (Wildman–Crippen MR) is 118 cm³/mol. The van der Waals surface area contributed by atoms with E-state index in [1.165, 1.54) is 82.4 Å². The molecule has 0 radical (unpaired) electrons. The summed E-state index contributed by atoms with van der Waals surface area (Å²) in [6, 6.07) is 4.82. The van der Waals surface area contributed by atoms with E-state index in [0.717, 1.165) is 18.9 Å².